The maximum atomic E-state index is 12.5. The molecule has 0 saturated heterocycles. The highest BCUT2D eigenvalue weighted by Crippen LogP contribution is 2.29. The monoisotopic (exact) mass is 341 g/mol. The maximum absolute atomic E-state index is 12.5. The van der Waals surface area contributed by atoms with E-state index < -0.39 is 11.7 Å². The summed E-state index contributed by atoms with van der Waals surface area (Å²) in [5.41, 5.74) is 0.625. The van der Waals surface area contributed by atoms with Crippen molar-refractivity contribution in [3.05, 3.63) is 59.2 Å². The Bertz CT molecular complexity index is 699. The summed E-state index contributed by atoms with van der Waals surface area (Å²) >= 11 is 5.23. The second-order valence-corrected chi connectivity index (χ2v) is 5.17. The Morgan fingerprint density at radius 1 is 1.17 bits per heavy atom. The Morgan fingerprint density at radius 2 is 1.83 bits per heavy atom. The average Bonchev–Trinajstić information content (AvgIpc) is 2.52. The van der Waals surface area contributed by atoms with Crippen LogP contribution in [0.1, 0.15) is 16.7 Å². The molecular formula is C16H14F3NO2S. The number of hydrogen-bond acceptors (Lipinski definition) is 3. The van der Waals surface area contributed by atoms with Gasteiger partial charge in [0.25, 0.3) is 0 Å². The van der Waals surface area contributed by atoms with Crippen LogP contribution in [0.15, 0.2) is 42.5 Å². The Balaban J connectivity index is 2.02. The molecule has 7 heteroatoms. The molecule has 122 valence electrons. The first-order valence-electron chi connectivity index (χ1n) is 6.62. The molecule has 0 fully saturated rings. The van der Waals surface area contributed by atoms with E-state index in [1.165, 1.54) is 25.3 Å². The quantitative estimate of drug-likeness (QED) is 0.828. The summed E-state index contributed by atoms with van der Waals surface area (Å²) in [5.74, 6) is 0.294. The number of nitrogens with one attached hydrogen (secondary N) is 1. The highest BCUT2D eigenvalue weighted by molar-refractivity contribution is 7.80. The number of rotatable bonds is 4. The van der Waals surface area contributed by atoms with Crippen molar-refractivity contribution in [2.45, 2.75) is 12.7 Å². The van der Waals surface area contributed by atoms with Crippen LogP contribution < -0.4 is 10.1 Å². The molecule has 0 heterocycles. The van der Waals surface area contributed by atoms with Gasteiger partial charge in [0.1, 0.15) is 4.99 Å². The highest BCUT2D eigenvalue weighted by Gasteiger charge is 2.29. The van der Waals surface area contributed by atoms with Crippen molar-refractivity contribution < 1.29 is 23.0 Å². The van der Waals surface area contributed by atoms with E-state index in [-0.39, 0.29) is 5.75 Å². The van der Waals surface area contributed by atoms with Crippen molar-refractivity contribution in [1.29, 1.82) is 0 Å². The fourth-order valence-corrected chi connectivity index (χ4v) is 2.11. The number of hydrogen-bond donors (Lipinski definition) is 2. The molecule has 0 aliphatic heterocycles. The van der Waals surface area contributed by atoms with E-state index in [0.29, 0.717) is 28.4 Å². The zero-order valence-corrected chi connectivity index (χ0v) is 13.0. The van der Waals surface area contributed by atoms with Crippen molar-refractivity contribution >= 4 is 17.2 Å². The summed E-state index contributed by atoms with van der Waals surface area (Å²) in [6, 6.07) is 9.52. The molecule has 0 bridgehead atoms. The second-order valence-electron chi connectivity index (χ2n) is 4.76. The van der Waals surface area contributed by atoms with E-state index in [1.54, 1.807) is 12.1 Å². The minimum atomic E-state index is -4.34. The minimum absolute atomic E-state index is 0.00166. The standard InChI is InChI=1S/C16H14F3NO2S/c1-22-14-8-11(4-7-13(14)21)15(23)20-9-10-2-5-12(6-3-10)16(17,18)19/h2-8,21H,9H2,1H3,(H,20,23). The van der Waals surface area contributed by atoms with Gasteiger partial charge in [-0.05, 0) is 35.9 Å². The molecule has 0 aliphatic carbocycles. The first kappa shape index (κ1) is 17.1. The van der Waals surface area contributed by atoms with Crippen molar-refractivity contribution in [2.75, 3.05) is 7.11 Å². The molecule has 0 aliphatic rings. The molecule has 23 heavy (non-hydrogen) atoms. The lowest BCUT2D eigenvalue weighted by Gasteiger charge is -2.11. The van der Waals surface area contributed by atoms with E-state index in [0.717, 1.165) is 12.1 Å². The second kappa shape index (κ2) is 6.87. The van der Waals surface area contributed by atoms with Crippen LogP contribution in [0, 0.1) is 0 Å². The van der Waals surface area contributed by atoms with Crippen LogP contribution in [0.5, 0.6) is 11.5 Å². The summed E-state index contributed by atoms with van der Waals surface area (Å²) in [5, 5.41) is 12.5. The third-order valence-electron chi connectivity index (χ3n) is 3.18. The number of phenolic OH excluding ortho intramolecular Hbond substituents is 1. The Hall–Kier alpha value is -2.28. The van der Waals surface area contributed by atoms with Crippen LogP contribution in [0.2, 0.25) is 0 Å². The van der Waals surface area contributed by atoms with Gasteiger partial charge in [0.05, 0.1) is 12.7 Å². The zero-order valence-electron chi connectivity index (χ0n) is 12.1. The minimum Gasteiger partial charge on any atom is -0.504 e. The van der Waals surface area contributed by atoms with Gasteiger partial charge < -0.3 is 15.2 Å². The van der Waals surface area contributed by atoms with Crippen molar-refractivity contribution in [3.8, 4) is 11.5 Å². The molecule has 0 amide bonds. The topological polar surface area (TPSA) is 41.5 Å². The molecule has 0 spiro atoms. The number of methoxy groups -OCH3 is 1. The third kappa shape index (κ3) is 4.35. The van der Waals surface area contributed by atoms with Crippen molar-refractivity contribution in [2.24, 2.45) is 0 Å². The Labute approximate surface area is 136 Å². The Kier molecular flexibility index (Phi) is 5.10. The van der Waals surface area contributed by atoms with Crippen LogP contribution in [0.3, 0.4) is 0 Å². The summed E-state index contributed by atoms with van der Waals surface area (Å²) in [4.78, 5) is 0.406. The predicted octanol–water partition coefficient (Wildman–Crippen LogP) is 3.88. The van der Waals surface area contributed by atoms with Gasteiger partial charge in [-0.1, -0.05) is 24.4 Å². The number of thiocarbonyl (C=S) groups is 1. The molecule has 0 unspecified atom stereocenters. The molecule has 2 aromatic rings. The molecule has 2 rings (SSSR count). The summed E-state index contributed by atoms with van der Waals surface area (Å²) in [7, 11) is 1.43. The molecule has 0 aromatic heterocycles. The average molecular weight is 341 g/mol. The molecule has 0 atom stereocenters. The van der Waals surface area contributed by atoms with Gasteiger partial charge in [0.2, 0.25) is 0 Å². The van der Waals surface area contributed by atoms with Gasteiger partial charge in [-0.15, -0.1) is 0 Å². The van der Waals surface area contributed by atoms with Crippen molar-refractivity contribution in [1.82, 2.24) is 5.32 Å². The molecule has 2 N–H and O–H groups in total. The van der Waals surface area contributed by atoms with Gasteiger partial charge >= 0.3 is 6.18 Å². The summed E-state index contributed by atoms with van der Waals surface area (Å²) < 4.78 is 42.5. The lowest BCUT2D eigenvalue weighted by molar-refractivity contribution is -0.137. The summed E-state index contributed by atoms with van der Waals surface area (Å²) in [6.45, 7) is 0.292. The van der Waals surface area contributed by atoms with Crippen molar-refractivity contribution in [3.63, 3.8) is 0 Å². The van der Waals surface area contributed by atoms with Crippen LogP contribution in [-0.2, 0) is 12.7 Å². The van der Waals surface area contributed by atoms with Gasteiger partial charge in [-0.3, -0.25) is 0 Å². The van der Waals surface area contributed by atoms with E-state index in [2.05, 4.69) is 5.32 Å². The third-order valence-corrected chi connectivity index (χ3v) is 3.56. The van der Waals surface area contributed by atoms with Crippen LogP contribution in [0.4, 0.5) is 13.2 Å². The van der Waals surface area contributed by atoms with E-state index in [1.807, 2.05) is 0 Å². The predicted molar refractivity (Wildman–Crippen MR) is 84.6 cm³/mol. The first-order valence-corrected chi connectivity index (χ1v) is 7.03. The fraction of sp³-hybridized carbons (Fsp3) is 0.188. The fourth-order valence-electron chi connectivity index (χ4n) is 1.91. The van der Waals surface area contributed by atoms with Gasteiger partial charge in [0.15, 0.2) is 11.5 Å². The van der Waals surface area contributed by atoms with Crippen LogP contribution >= 0.6 is 12.2 Å². The maximum Gasteiger partial charge on any atom is 0.416 e. The molecule has 2 aromatic carbocycles. The zero-order chi connectivity index (χ0) is 17.0. The van der Waals surface area contributed by atoms with Gasteiger partial charge in [-0.2, -0.15) is 13.2 Å². The lowest BCUT2D eigenvalue weighted by Crippen LogP contribution is -2.21. The molecule has 0 saturated carbocycles. The molecular weight excluding hydrogens is 327 g/mol. The largest absolute Gasteiger partial charge is 0.504 e. The SMILES string of the molecule is COc1cc(C(=S)NCc2ccc(C(F)(F)F)cc2)ccc1O. The van der Waals surface area contributed by atoms with E-state index in [9.17, 15) is 18.3 Å². The molecule has 3 nitrogen and oxygen atoms in total. The lowest BCUT2D eigenvalue weighted by atomic mass is 10.1. The highest BCUT2D eigenvalue weighted by atomic mass is 32.1. The number of benzene rings is 2. The number of aromatic hydroxyl groups is 1. The van der Waals surface area contributed by atoms with Gasteiger partial charge in [0, 0.05) is 12.1 Å². The number of ether oxygens (including phenoxy) is 1. The number of halogens is 3. The van der Waals surface area contributed by atoms with Crippen LogP contribution in [0.25, 0.3) is 0 Å². The first-order chi connectivity index (χ1) is 10.8. The molecule has 0 radical (unpaired) electrons. The Morgan fingerprint density at radius 3 is 2.39 bits per heavy atom. The van der Waals surface area contributed by atoms with E-state index >= 15 is 0 Å². The van der Waals surface area contributed by atoms with Gasteiger partial charge in [-0.25, -0.2) is 0 Å². The number of alkyl halides is 3. The smallest absolute Gasteiger partial charge is 0.416 e. The number of phenols is 1. The van der Waals surface area contributed by atoms with E-state index in [4.69, 9.17) is 17.0 Å². The van der Waals surface area contributed by atoms with Crippen LogP contribution in [-0.4, -0.2) is 17.2 Å². The normalized spacial score (nSPS) is 11.1. The summed E-state index contributed by atoms with van der Waals surface area (Å²) in [6.07, 6.45) is -4.34.